The van der Waals surface area contributed by atoms with Crippen molar-refractivity contribution < 1.29 is 14.6 Å². The van der Waals surface area contributed by atoms with Gasteiger partial charge in [-0.05, 0) is 36.8 Å². The average molecular weight is 387 g/mol. The normalized spacial score (nSPS) is 11.7. The Morgan fingerprint density at radius 3 is 2.34 bits per heavy atom. The van der Waals surface area contributed by atoms with Crippen molar-refractivity contribution >= 4 is 39.2 Å². The molecule has 0 fully saturated rings. The van der Waals surface area contributed by atoms with Gasteiger partial charge >= 0.3 is 5.97 Å². The highest BCUT2D eigenvalue weighted by Crippen LogP contribution is 2.34. The predicted molar refractivity (Wildman–Crippen MR) is 111 cm³/mol. The lowest BCUT2D eigenvalue weighted by atomic mass is 10.1. The number of carbonyl (C=O) groups excluding carboxylic acids is 1. The molecular formula is C22H17N3O4. The van der Waals surface area contributed by atoms with E-state index in [1.54, 1.807) is 19.1 Å². The second kappa shape index (κ2) is 7.20. The highest BCUT2D eigenvalue weighted by atomic mass is 16.7. The first kappa shape index (κ1) is 18.4. The van der Waals surface area contributed by atoms with Crippen LogP contribution in [0.3, 0.4) is 0 Å². The van der Waals surface area contributed by atoms with E-state index < -0.39 is 5.97 Å². The molecule has 7 nitrogen and oxygen atoms in total. The fourth-order valence-corrected chi connectivity index (χ4v) is 3.39. The molecule has 3 aromatic carbocycles. The molecule has 0 unspecified atom stereocenters. The summed E-state index contributed by atoms with van der Waals surface area (Å²) >= 11 is 0. The van der Waals surface area contributed by atoms with Gasteiger partial charge in [-0.2, -0.15) is 0 Å². The summed E-state index contributed by atoms with van der Waals surface area (Å²) in [6, 6.07) is 20.4. The van der Waals surface area contributed by atoms with Crippen molar-refractivity contribution in [3.05, 3.63) is 82.4 Å². The maximum absolute atomic E-state index is 11.2. The maximum Gasteiger partial charge on any atom is 0.331 e. The summed E-state index contributed by atoms with van der Waals surface area (Å²) in [5.74, 6) is -0.472. The maximum atomic E-state index is 11.2. The third-order valence-corrected chi connectivity index (χ3v) is 4.72. The monoisotopic (exact) mass is 387 g/mol. The van der Waals surface area contributed by atoms with Gasteiger partial charge < -0.3 is 9.40 Å². The van der Waals surface area contributed by atoms with Crippen LogP contribution >= 0.6 is 0 Å². The lowest BCUT2D eigenvalue weighted by Crippen LogP contribution is -2.00. The number of benzene rings is 3. The largest absolute Gasteiger partial charge is 0.331 e. The lowest BCUT2D eigenvalue weighted by Gasteiger charge is -2.09. The third kappa shape index (κ3) is 3.34. The molecule has 0 amide bonds. The molecule has 7 heteroatoms. The topological polar surface area (TPSA) is 86.7 Å². The Hall–Kier alpha value is -4.00. The van der Waals surface area contributed by atoms with Crippen molar-refractivity contribution in [2.45, 2.75) is 13.8 Å². The number of para-hydroxylation sites is 1. The molecule has 0 bridgehead atoms. The number of hydrogen-bond acceptors (Lipinski definition) is 5. The van der Waals surface area contributed by atoms with Crippen molar-refractivity contribution in [2.24, 2.45) is 5.16 Å². The molecule has 1 heterocycles. The molecule has 0 aliphatic rings. The third-order valence-electron chi connectivity index (χ3n) is 4.72. The van der Waals surface area contributed by atoms with Crippen LogP contribution in [0, 0.1) is 10.1 Å². The van der Waals surface area contributed by atoms with Crippen LogP contribution in [0.2, 0.25) is 0 Å². The Bertz CT molecular complexity index is 1290. The number of non-ortho nitro benzene ring substituents is 1. The van der Waals surface area contributed by atoms with Crippen molar-refractivity contribution in [3.8, 4) is 5.69 Å². The van der Waals surface area contributed by atoms with Gasteiger partial charge in [0.2, 0.25) is 0 Å². The van der Waals surface area contributed by atoms with E-state index in [4.69, 9.17) is 4.84 Å². The molecule has 0 spiro atoms. The lowest BCUT2D eigenvalue weighted by molar-refractivity contribution is -0.384. The van der Waals surface area contributed by atoms with E-state index in [2.05, 4.69) is 9.72 Å². The Morgan fingerprint density at radius 1 is 0.966 bits per heavy atom. The zero-order valence-corrected chi connectivity index (χ0v) is 15.8. The first-order valence-electron chi connectivity index (χ1n) is 8.96. The first-order valence-corrected chi connectivity index (χ1v) is 8.96. The van der Waals surface area contributed by atoms with Crippen LogP contribution in [-0.2, 0) is 9.63 Å². The van der Waals surface area contributed by atoms with Gasteiger partial charge in [-0.15, -0.1) is 0 Å². The van der Waals surface area contributed by atoms with Crippen molar-refractivity contribution in [1.82, 2.24) is 4.57 Å². The Morgan fingerprint density at radius 2 is 1.66 bits per heavy atom. The number of nitro benzene ring substituents is 1. The number of rotatable bonds is 4. The summed E-state index contributed by atoms with van der Waals surface area (Å²) in [6.07, 6.45) is 0. The van der Waals surface area contributed by atoms with E-state index >= 15 is 0 Å². The summed E-state index contributed by atoms with van der Waals surface area (Å²) in [4.78, 5) is 26.5. The van der Waals surface area contributed by atoms with Crippen LogP contribution in [0.5, 0.6) is 0 Å². The first-order chi connectivity index (χ1) is 14.0. The Kier molecular flexibility index (Phi) is 4.56. The standard InChI is InChI=1S/C22H17N3O4/c1-14(23-29-15(2)26)16-7-9-17(10-8-16)24-21-6-4-3-5-19(21)20-13-18(25(27)28)11-12-22(20)24/h3-13H,1-2H3/b23-14-. The van der Waals surface area contributed by atoms with Crippen LogP contribution in [0.4, 0.5) is 5.69 Å². The minimum absolute atomic E-state index is 0.0630. The molecule has 4 rings (SSSR count). The van der Waals surface area contributed by atoms with Gasteiger partial charge in [-0.3, -0.25) is 10.1 Å². The number of oxime groups is 1. The zero-order valence-electron chi connectivity index (χ0n) is 15.8. The minimum Gasteiger partial charge on any atom is -0.318 e. The quantitative estimate of drug-likeness (QED) is 0.214. The number of nitrogens with zero attached hydrogens (tertiary/aromatic N) is 3. The minimum atomic E-state index is -0.472. The summed E-state index contributed by atoms with van der Waals surface area (Å²) in [7, 11) is 0. The summed E-state index contributed by atoms with van der Waals surface area (Å²) in [5.41, 5.74) is 4.23. The average Bonchev–Trinajstić information content (AvgIpc) is 3.05. The molecule has 0 aliphatic heterocycles. The molecule has 144 valence electrons. The van der Waals surface area contributed by atoms with E-state index in [9.17, 15) is 14.9 Å². The zero-order chi connectivity index (χ0) is 20.5. The summed E-state index contributed by atoms with van der Waals surface area (Å²) < 4.78 is 2.07. The Balaban J connectivity index is 1.86. The van der Waals surface area contributed by atoms with Gasteiger partial charge in [-0.25, -0.2) is 4.79 Å². The highest BCUT2D eigenvalue weighted by Gasteiger charge is 2.15. The molecule has 1 aromatic heterocycles. The van der Waals surface area contributed by atoms with Crippen LogP contribution in [0.25, 0.3) is 27.5 Å². The number of carbonyl (C=O) groups is 1. The molecule has 4 aromatic rings. The second-order valence-electron chi connectivity index (χ2n) is 6.62. The van der Waals surface area contributed by atoms with E-state index in [0.717, 1.165) is 33.1 Å². The molecule has 0 saturated heterocycles. The number of hydrogen-bond donors (Lipinski definition) is 0. The van der Waals surface area contributed by atoms with E-state index in [0.29, 0.717) is 5.71 Å². The molecule has 29 heavy (non-hydrogen) atoms. The van der Waals surface area contributed by atoms with Gasteiger partial charge in [0.05, 0.1) is 21.7 Å². The van der Waals surface area contributed by atoms with Crippen LogP contribution < -0.4 is 0 Å². The van der Waals surface area contributed by atoms with Crippen LogP contribution in [0.1, 0.15) is 19.4 Å². The van der Waals surface area contributed by atoms with Crippen molar-refractivity contribution in [2.75, 3.05) is 0 Å². The summed E-state index contributed by atoms with van der Waals surface area (Å²) in [6.45, 7) is 3.06. The molecule has 0 radical (unpaired) electrons. The molecule has 0 atom stereocenters. The smallest absolute Gasteiger partial charge is 0.318 e. The van der Waals surface area contributed by atoms with Gasteiger partial charge in [0, 0.05) is 35.5 Å². The van der Waals surface area contributed by atoms with E-state index in [-0.39, 0.29) is 10.6 Å². The van der Waals surface area contributed by atoms with Gasteiger partial charge in [-0.1, -0.05) is 35.5 Å². The predicted octanol–water partition coefficient (Wildman–Crippen LogP) is 4.98. The van der Waals surface area contributed by atoms with E-state index in [1.165, 1.54) is 13.0 Å². The number of aromatic nitrogens is 1. The molecular weight excluding hydrogens is 370 g/mol. The number of nitro groups is 1. The SMILES string of the molecule is CC(=O)O/N=C(/C)c1ccc(-n2c3ccccc3c3cc([N+](=O)[O-])ccc32)cc1. The van der Waals surface area contributed by atoms with E-state index in [1.807, 2.05) is 48.5 Å². The molecule has 0 saturated carbocycles. The summed E-state index contributed by atoms with van der Waals surface area (Å²) in [5, 5.41) is 16.8. The number of fused-ring (bicyclic) bond motifs is 3. The van der Waals surface area contributed by atoms with Crippen LogP contribution in [-0.4, -0.2) is 21.2 Å². The molecule has 0 aliphatic carbocycles. The molecule has 0 N–H and O–H groups in total. The van der Waals surface area contributed by atoms with Crippen LogP contribution in [0.15, 0.2) is 71.9 Å². The Labute approximate surface area is 166 Å². The fourth-order valence-electron chi connectivity index (χ4n) is 3.39. The van der Waals surface area contributed by atoms with Gasteiger partial charge in [0.25, 0.3) is 5.69 Å². The van der Waals surface area contributed by atoms with Gasteiger partial charge in [0.1, 0.15) is 0 Å². The fraction of sp³-hybridized carbons (Fsp3) is 0.0909. The van der Waals surface area contributed by atoms with Crippen molar-refractivity contribution in [1.29, 1.82) is 0 Å². The van der Waals surface area contributed by atoms with Crippen molar-refractivity contribution in [3.63, 3.8) is 0 Å². The highest BCUT2D eigenvalue weighted by molar-refractivity contribution is 6.10. The van der Waals surface area contributed by atoms with Gasteiger partial charge in [0.15, 0.2) is 0 Å². The second-order valence-corrected chi connectivity index (χ2v) is 6.62.